The molecule has 0 radical (unpaired) electrons. The van der Waals surface area contributed by atoms with Gasteiger partial charge in [0.1, 0.15) is 0 Å². The first-order valence-electron chi connectivity index (χ1n) is 10.7. The quantitative estimate of drug-likeness (QED) is 0.475. The van der Waals surface area contributed by atoms with Crippen molar-refractivity contribution in [2.24, 2.45) is 0 Å². The summed E-state index contributed by atoms with van der Waals surface area (Å²) in [7, 11) is 0. The van der Waals surface area contributed by atoms with E-state index in [9.17, 15) is 5.11 Å². The Morgan fingerprint density at radius 3 is 2.44 bits per heavy atom. The summed E-state index contributed by atoms with van der Waals surface area (Å²) in [5, 5.41) is 18.4. The zero-order chi connectivity index (χ0) is 22.1. The van der Waals surface area contributed by atoms with Gasteiger partial charge in [-0.25, -0.2) is 9.50 Å². The number of nitrogens with one attached hydrogen (secondary N) is 1. The lowest BCUT2D eigenvalue weighted by molar-refractivity contribution is -0.0441. The molecule has 0 spiro atoms. The summed E-state index contributed by atoms with van der Waals surface area (Å²) in [6.45, 7) is 5.16. The van der Waals surface area contributed by atoms with Crippen molar-refractivity contribution >= 4 is 11.3 Å². The molecular weight excluding hydrogens is 404 g/mol. The number of ether oxygens (including phenoxy) is 2. The van der Waals surface area contributed by atoms with Gasteiger partial charge in [0, 0.05) is 23.2 Å². The zero-order valence-corrected chi connectivity index (χ0v) is 18.2. The Hall–Kier alpha value is -3.26. The molecule has 2 aromatic heterocycles. The number of fused-ring (bicyclic) bond motifs is 1. The minimum atomic E-state index is -0.858. The summed E-state index contributed by atoms with van der Waals surface area (Å²) in [6, 6.07) is 20.1. The zero-order valence-electron chi connectivity index (χ0n) is 18.2. The normalized spacial score (nSPS) is 14.8. The van der Waals surface area contributed by atoms with E-state index in [4.69, 9.17) is 14.6 Å². The van der Waals surface area contributed by atoms with Crippen LogP contribution in [0.2, 0.25) is 0 Å². The maximum Gasteiger partial charge on any atom is 0.184 e. The molecule has 5 rings (SSSR count). The molecular formula is C25H26N4O3. The van der Waals surface area contributed by atoms with Crippen LogP contribution in [0, 0.1) is 0 Å². The molecule has 0 atom stereocenters. The lowest BCUT2D eigenvalue weighted by Gasteiger charge is -2.19. The van der Waals surface area contributed by atoms with Crippen LogP contribution < -0.4 is 5.32 Å². The molecule has 164 valence electrons. The van der Waals surface area contributed by atoms with Gasteiger partial charge in [0.15, 0.2) is 11.9 Å². The van der Waals surface area contributed by atoms with Crippen molar-refractivity contribution in [3.05, 3.63) is 72.4 Å². The van der Waals surface area contributed by atoms with Crippen LogP contribution in [-0.4, -0.2) is 45.1 Å². The number of rotatable bonds is 6. The van der Waals surface area contributed by atoms with E-state index in [0.29, 0.717) is 25.4 Å². The smallest absolute Gasteiger partial charge is 0.184 e. The van der Waals surface area contributed by atoms with Gasteiger partial charge >= 0.3 is 0 Å². The minimum Gasteiger partial charge on any atom is -0.389 e. The molecule has 0 unspecified atom stereocenters. The number of nitrogens with zero attached hydrogens (tertiary/aromatic N) is 3. The second-order valence-corrected chi connectivity index (χ2v) is 8.55. The van der Waals surface area contributed by atoms with E-state index in [1.165, 1.54) is 0 Å². The van der Waals surface area contributed by atoms with E-state index in [2.05, 4.69) is 10.3 Å². The lowest BCUT2D eigenvalue weighted by Crippen LogP contribution is -2.29. The fourth-order valence-corrected chi connectivity index (χ4v) is 3.72. The summed E-state index contributed by atoms with van der Waals surface area (Å²) in [4.78, 5) is 4.64. The van der Waals surface area contributed by atoms with Crippen LogP contribution in [0.3, 0.4) is 0 Å². The van der Waals surface area contributed by atoms with Gasteiger partial charge in [0.25, 0.3) is 0 Å². The largest absolute Gasteiger partial charge is 0.389 e. The van der Waals surface area contributed by atoms with Gasteiger partial charge in [0.05, 0.1) is 42.1 Å². The highest BCUT2D eigenvalue weighted by atomic mass is 16.7. The SMILES string of the molecule is CC(C)(O)CNc1cc(-c2ccccc2)nn2c(-c3ccc(C4OCCO4)cc3)cnc12. The maximum absolute atomic E-state index is 10.2. The number of aromatic nitrogens is 3. The van der Waals surface area contributed by atoms with Gasteiger partial charge < -0.3 is 19.9 Å². The Bertz CT molecular complexity index is 1210. The molecule has 7 nitrogen and oxygen atoms in total. The van der Waals surface area contributed by atoms with Crippen LogP contribution in [0.25, 0.3) is 28.2 Å². The van der Waals surface area contributed by atoms with Crippen LogP contribution in [0.15, 0.2) is 66.9 Å². The van der Waals surface area contributed by atoms with E-state index in [1.807, 2.05) is 71.4 Å². The van der Waals surface area contributed by atoms with E-state index in [1.54, 1.807) is 13.8 Å². The van der Waals surface area contributed by atoms with Crippen molar-refractivity contribution in [2.45, 2.75) is 25.7 Å². The van der Waals surface area contributed by atoms with Crippen molar-refractivity contribution < 1.29 is 14.6 Å². The third-order valence-corrected chi connectivity index (χ3v) is 5.35. The molecule has 7 heteroatoms. The first-order valence-corrected chi connectivity index (χ1v) is 10.7. The molecule has 0 aliphatic carbocycles. The molecule has 1 aliphatic rings. The van der Waals surface area contributed by atoms with Crippen LogP contribution in [0.4, 0.5) is 5.69 Å². The fraction of sp³-hybridized carbons (Fsp3) is 0.280. The summed E-state index contributed by atoms with van der Waals surface area (Å²) in [5.41, 5.74) is 5.35. The van der Waals surface area contributed by atoms with Crippen molar-refractivity contribution in [3.63, 3.8) is 0 Å². The van der Waals surface area contributed by atoms with Crippen molar-refractivity contribution in [3.8, 4) is 22.5 Å². The highest BCUT2D eigenvalue weighted by molar-refractivity contribution is 5.77. The second-order valence-electron chi connectivity index (χ2n) is 8.55. The molecule has 1 saturated heterocycles. The Morgan fingerprint density at radius 2 is 1.75 bits per heavy atom. The van der Waals surface area contributed by atoms with Crippen molar-refractivity contribution in [1.82, 2.24) is 14.6 Å². The van der Waals surface area contributed by atoms with Crippen LogP contribution >= 0.6 is 0 Å². The number of anilines is 1. The average Bonchev–Trinajstić information content (AvgIpc) is 3.48. The van der Waals surface area contributed by atoms with Crippen molar-refractivity contribution in [1.29, 1.82) is 0 Å². The Labute approximate surface area is 186 Å². The average molecular weight is 431 g/mol. The Morgan fingerprint density at radius 1 is 1.03 bits per heavy atom. The molecule has 1 fully saturated rings. The molecule has 3 heterocycles. The van der Waals surface area contributed by atoms with E-state index in [-0.39, 0.29) is 6.29 Å². The molecule has 1 aliphatic heterocycles. The molecule has 0 bridgehead atoms. The number of benzene rings is 2. The van der Waals surface area contributed by atoms with Gasteiger partial charge in [0.2, 0.25) is 0 Å². The molecule has 2 aromatic carbocycles. The summed E-state index contributed by atoms with van der Waals surface area (Å²) in [6.07, 6.45) is 1.52. The van der Waals surface area contributed by atoms with Gasteiger partial charge in [-0.15, -0.1) is 0 Å². The number of hydrogen-bond donors (Lipinski definition) is 2. The first-order chi connectivity index (χ1) is 15.5. The summed E-state index contributed by atoms with van der Waals surface area (Å²) in [5.74, 6) is 0. The second kappa shape index (κ2) is 8.35. The van der Waals surface area contributed by atoms with Crippen LogP contribution in [-0.2, 0) is 9.47 Å². The highest BCUT2D eigenvalue weighted by Crippen LogP contribution is 2.30. The van der Waals surface area contributed by atoms with Gasteiger partial charge in [-0.05, 0) is 19.9 Å². The van der Waals surface area contributed by atoms with Gasteiger partial charge in [-0.1, -0.05) is 54.6 Å². The van der Waals surface area contributed by atoms with Crippen molar-refractivity contribution in [2.75, 3.05) is 25.1 Å². The third-order valence-electron chi connectivity index (χ3n) is 5.35. The fourth-order valence-electron chi connectivity index (χ4n) is 3.72. The van der Waals surface area contributed by atoms with Gasteiger partial charge in [-0.2, -0.15) is 5.10 Å². The summed E-state index contributed by atoms with van der Waals surface area (Å²) >= 11 is 0. The number of imidazole rings is 1. The molecule has 32 heavy (non-hydrogen) atoms. The van der Waals surface area contributed by atoms with Gasteiger partial charge in [-0.3, -0.25) is 0 Å². The minimum absolute atomic E-state index is 0.299. The first kappa shape index (κ1) is 20.6. The monoisotopic (exact) mass is 430 g/mol. The highest BCUT2D eigenvalue weighted by Gasteiger charge is 2.20. The predicted octanol–water partition coefficient (Wildman–Crippen LogP) is 4.29. The van der Waals surface area contributed by atoms with E-state index in [0.717, 1.165) is 33.8 Å². The Kier molecular flexibility index (Phi) is 5.38. The molecule has 0 saturated carbocycles. The topological polar surface area (TPSA) is 80.9 Å². The molecule has 4 aromatic rings. The Balaban J connectivity index is 1.57. The van der Waals surface area contributed by atoms with E-state index >= 15 is 0 Å². The summed E-state index contributed by atoms with van der Waals surface area (Å²) < 4.78 is 13.0. The number of hydrogen-bond acceptors (Lipinski definition) is 6. The number of aliphatic hydroxyl groups is 1. The molecule has 0 amide bonds. The molecule has 2 N–H and O–H groups in total. The van der Waals surface area contributed by atoms with E-state index < -0.39 is 5.60 Å². The van der Waals surface area contributed by atoms with Crippen LogP contribution in [0.5, 0.6) is 0 Å². The standard InChI is InChI=1S/C25H26N4O3/c1-25(2,30)16-27-21-14-20(17-6-4-3-5-7-17)28-29-22(15-26-23(21)29)18-8-10-19(11-9-18)24-31-12-13-32-24/h3-11,14-15,24,27,30H,12-13,16H2,1-2H3. The predicted molar refractivity (Wildman–Crippen MR) is 123 cm³/mol. The maximum atomic E-state index is 10.2. The van der Waals surface area contributed by atoms with Crippen LogP contribution in [0.1, 0.15) is 25.7 Å². The lowest BCUT2D eigenvalue weighted by atomic mass is 10.1. The third kappa shape index (κ3) is 4.23.